The Morgan fingerprint density at radius 3 is 3.11 bits per heavy atom. The van der Waals surface area contributed by atoms with E-state index in [4.69, 9.17) is 0 Å². The van der Waals surface area contributed by atoms with Crippen LogP contribution in [0.25, 0.3) is 0 Å². The SMILES string of the molecule is C[C@H]1CC(NCc2cccc(Br)c2)c2ccsc2S1. The van der Waals surface area contributed by atoms with Gasteiger partial charge in [-0.2, -0.15) is 0 Å². The van der Waals surface area contributed by atoms with Crippen LogP contribution in [0, 0.1) is 0 Å². The molecule has 2 heterocycles. The maximum atomic E-state index is 3.71. The summed E-state index contributed by atoms with van der Waals surface area (Å²) < 4.78 is 2.64. The third kappa shape index (κ3) is 3.24. The zero-order valence-corrected chi connectivity index (χ0v) is 13.9. The van der Waals surface area contributed by atoms with Gasteiger partial charge >= 0.3 is 0 Å². The Kier molecular flexibility index (Phi) is 4.32. The highest BCUT2D eigenvalue weighted by atomic mass is 79.9. The molecule has 0 amide bonds. The van der Waals surface area contributed by atoms with E-state index >= 15 is 0 Å². The molecule has 2 aromatic rings. The fourth-order valence-electron chi connectivity index (χ4n) is 2.43. The Labute approximate surface area is 130 Å². The summed E-state index contributed by atoms with van der Waals surface area (Å²) in [5.74, 6) is 0. The zero-order valence-electron chi connectivity index (χ0n) is 10.7. The quantitative estimate of drug-likeness (QED) is 0.810. The molecule has 2 atom stereocenters. The van der Waals surface area contributed by atoms with Gasteiger partial charge in [-0.05, 0) is 41.1 Å². The van der Waals surface area contributed by atoms with E-state index in [0.29, 0.717) is 11.3 Å². The molecule has 1 aliphatic heterocycles. The number of nitrogens with one attached hydrogen (secondary N) is 1. The Morgan fingerprint density at radius 1 is 1.37 bits per heavy atom. The second kappa shape index (κ2) is 6.00. The summed E-state index contributed by atoms with van der Waals surface area (Å²) in [5, 5.41) is 6.62. The van der Waals surface area contributed by atoms with E-state index in [9.17, 15) is 0 Å². The number of rotatable bonds is 3. The Bertz CT molecular complexity index is 567. The normalized spacial score (nSPS) is 22.2. The minimum atomic E-state index is 0.497. The average Bonchev–Trinajstić information content (AvgIpc) is 2.84. The molecule has 0 aliphatic carbocycles. The molecule has 1 nitrogen and oxygen atoms in total. The van der Waals surface area contributed by atoms with Gasteiger partial charge in [-0.3, -0.25) is 0 Å². The van der Waals surface area contributed by atoms with Gasteiger partial charge in [0.2, 0.25) is 0 Å². The van der Waals surface area contributed by atoms with E-state index in [2.05, 4.69) is 63.9 Å². The lowest BCUT2D eigenvalue weighted by Crippen LogP contribution is -2.26. The molecule has 0 radical (unpaired) electrons. The third-order valence-electron chi connectivity index (χ3n) is 3.35. The fraction of sp³-hybridized carbons (Fsp3) is 0.333. The number of thiophene rings is 1. The second-order valence-corrected chi connectivity index (χ2v) is 8.43. The molecule has 1 N–H and O–H groups in total. The molecule has 1 unspecified atom stereocenters. The number of fused-ring (bicyclic) bond motifs is 1. The van der Waals surface area contributed by atoms with E-state index in [1.54, 1.807) is 0 Å². The maximum Gasteiger partial charge on any atom is 0.0649 e. The summed E-state index contributed by atoms with van der Waals surface area (Å²) in [6, 6.07) is 11.3. The van der Waals surface area contributed by atoms with Crippen LogP contribution in [0.15, 0.2) is 44.4 Å². The van der Waals surface area contributed by atoms with Crippen LogP contribution in [0.2, 0.25) is 0 Å². The van der Waals surface area contributed by atoms with Crippen molar-refractivity contribution in [3.8, 4) is 0 Å². The number of thioether (sulfide) groups is 1. The van der Waals surface area contributed by atoms with Crippen LogP contribution in [0.4, 0.5) is 0 Å². The molecule has 0 spiro atoms. The average molecular weight is 354 g/mol. The van der Waals surface area contributed by atoms with Crippen molar-refractivity contribution in [1.29, 1.82) is 0 Å². The lowest BCUT2D eigenvalue weighted by atomic mass is 10.0. The number of hydrogen-bond acceptors (Lipinski definition) is 3. The third-order valence-corrected chi connectivity index (χ3v) is 6.19. The standard InChI is InChI=1S/C15H16BrNS2/c1-10-7-14(13-5-6-18-15(13)19-10)17-9-11-3-2-4-12(16)8-11/h2-6,8,10,14,17H,7,9H2,1H3/t10-,14?/m0/s1. The van der Waals surface area contributed by atoms with Gasteiger partial charge in [-0.15, -0.1) is 23.1 Å². The molecular formula is C15H16BrNS2. The van der Waals surface area contributed by atoms with Crippen molar-refractivity contribution in [1.82, 2.24) is 5.32 Å². The first-order valence-electron chi connectivity index (χ1n) is 6.44. The summed E-state index contributed by atoms with van der Waals surface area (Å²) in [7, 11) is 0. The number of benzene rings is 1. The summed E-state index contributed by atoms with van der Waals surface area (Å²) in [4.78, 5) is 0. The predicted octanol–water partition coefficient (Wildman–Crippen LogP) is 5.23. The van der Waals surface area contributed by atoms with Gasteiger partial charge in [0, 0.05) is 22.3 Å². The van der Waals surface area contributed by atoms with Crippen LogP contribution in [0.5, 0.6) is 0 Å². The van der Waals surface area contributed by atoms with Gasteiger partial charge in [-0.25, -0.2) is 0 Å². The highest BCUT2D eigenvalue weighted by molar-refractivity contribution is 9.10. The molecule has 0 saturated heterocycles. The first kappa shape index (κ1) is 13.7. The number of halogens is 1. The van der Waals surface area contributed by atoms with Gasteiger partial charge in [-0.1, -0.05) is 35.0 Å². The van der Waals surface area contributed by atoms with E-state index in [1.165, 1.54) is 21.8 Å². The van der Waals surface area contributed by atoms with Crippen LogP contribution in [-0.4, -0.2) is 5.25 Å². The predicted molar refractivity (Wildman–Crippen MR) is 88.0 cm³/mol. The summed E-state index contributed by atoms with van der Waals surface area (Å²) in [5.41, 5.74) is 2.82. The second-order valence-electron chi connectivity index (χ2n) is 4.89. The van der Waals surface area contributed by atoms with Crippen LogP contribution in [0.3, 0.4) is 0 Å². The molecule has 0 bridgehead atoms. The Hall–Kier alpha value is -0.290. The lowest BCUT2D eigenvalue weighted by Gasteiger charge is -2.27. The van der Waals surface area contributed by atoms with Crippen molar-refractivity contribution >= 4 is 39.0 Å². The molecule has 0 fully saturated rings. The summed E-state index contributed by atoms with van der Waals surface area (Å²) in [6.07, 6.45) is 1.21. The minimum Gasteiger partial charge on any atom is -0.306 e. The smallest absolute Gasteiger partial charge is 0.0649 e. The Balaban J connectivity index is 1.71. The van der Waals surface area contributed by atoms with E-state index in [0.717, 1.165) is 11.0 Å². The van der Waals surface area contributed by atoms with Crippen molar-refractivity contribution in [2.45, 2.75) is 35.4 Å². The largest absolute Gasteiger partial charge is 0.306 e. The first-order valence-corrected chi connectivity index (χ1v) is 8.99. The molecule has 1 aliphatic rings. The Morgan fingerprint density at radius 2 is 2.26 bits per heavy atom. The molecule has 100 valence electrons. The fourth-order valence-corrected chi connectivity index (χ4v) is 5.44. The van der Waals surface area contributed by atoms with Gasteiger partial charge in [0.1, 0.15) is 0 Å². The van der Waals surface area contributed by atoms with Gasteiger partial charge in [0.25, 0.3) is 0 Å². The maximum absolute atomic E-state index is 3.71. The van der Waals surface area contributed by atoms with E-state index in [1.807, 2.05) is 23.1 Å². The molecule has 1 aromatic carbocycles. The van der Waals surface area contributed by atoms with Crippen molar-refractivity contribution in [2.75, 3.05) is 0 Å². The molecule has 19 heavy (non-hydrogen) atoms. The van der Waals surface area contributed by atoms with Crippen molar-refractivity contribution in [3.63, 3.8) is 0 Å². The topological polar surface area (TPSA) is 12.0 Å². The van der Waals surface area contributed by atoms with Gasteiger partial charge in [0.05, 0.1) is 4.21 Å². The minimum absolute atomic E-state index is 0.497. The van der Waals surface area contributed by atoms with Crippen molar-refractivity contribution in [3.05, 3.63) is 51.3 Å². The highest BCUT2D eigenvalue weighted by Crippen LogP contribution is 2.43. The van der Waals surface area contributed by atoms with Crippen molar-refractivity contribution in [2.24, 2.45) is 0 Å². The van der Waals surface area contributed by atoms with Crippen LogP contribution in [-0.2, 0) is 6.54 Å². The molecule has 0 saturated carbocycles. The zero-order chi connectivity index (χ0) is 13.2. The molecule has 1 aromatic heterocycles. The van der Waals surface area contributed by atoms with Crippen LogP contribution < -0.4 is 5.32 Å². The summed E-state index contributed by atoms with van der Waals surface area (Å²) >= 11 is 7.42. The highest BCUT2D eigenvalue weighted by Gasteiger charge is 2.25. The summed E-state index contributed by atoms with van der Waals surface area (Å²) in [6.45, 7) is 3.25. The van der Waals surface area contributed by atoms with Gasteiger partial charge in [0.15, 0.2) is 0 Å². The van der Waals surface area contributed by atoms with Gasteiger partial charge < -0.3 is 5.32 Å². The molecule has 4 heteroatoms. The molecule has 3 rings (SSSR count). The van der Waals surface area contributed by atoms with E-state index < -0.39 is 0 Å². The van der Waals surface area contributed by atoms with Crippen LogP contribution in [0.1, 0.15) is 30.5 Å². The lowest BCUT2D eigenvalue weighted by molar-refractivity contribution is 0.488. The van der Waals surface area contributed by atoms with E-state index in [-0.39, 0.29) is 0 Å². The first-order chi connectivity index (χ1) is 9.22. The van der Waals surface area contributed by atoms with Crippen molar-refractivity contribution < 1.29 is 0 Å². The number of hydrogen-bond donors (Lipinski definition) is 1. The molecular weight excluding hydrogens is 338 g/mol. The van der Waals surface area contributed by atoms with Crippen LogP contribution >= 0.6 is 39.0 Å². The monoisotopic (exact) mass is 353 g/mol.